The van der Waals surface area contributed by atoms with Gasteiger partial charge in [-0.15, -0.1) is 0 Å². The van der Waals surface area contributed by atoms with Crippen molar-refractivity contribution in [3.05, 3.63) is 53.6 Å². The summed E-state index contributed by atoms with van der Waals surface area (Å²) in [6.07, 6.45) is 4.79. The number of piperidine rings is 1. The molecule has 7 nitrogen and oxygen atoms in total. The SMILES string of the molecule is CC1CCN(C(=O)c2ccc(N3C(=O)c4nccnc4C3=O)cc2)CC1. The molecule has 1 saturated heterocycles. The molecule has 2 aliphatic rings. The summed E-state index contributed by atoms with van der Waals surface area (Å²) in [5.41, 5.74) is 1.07. The third kappa shape index (κ3) is 2.65. The molecule has 26 heavy (non-hydrogen) atoms. The van der Waals surface area contributed by atoms with Crippen molar-refractivity contribution in [3.8, 4) is 0 Å². The standard InChI is InChI=1S/C19H18N4O3/c1-12-6-10-22(11-7-12)17(24)13-2-4-14(5-3-13)23-18(25)15-16(19(23)26)21-9-8-20-15/h2-5,8-9,12H,6-7,10-11H2,1H3. The highest BCUT2D eigenvalue weighted by Gasteiger charge is 2.39. The first-order valence-electron chi connectivity index (χ1n) is 8.65. The molecule has 2 aliphatic heterocycles. The molecule has 0 saturated carbocycles. The monoisotopic (exact) mass is 350 g/mol. The molecular formula is C19H18N4O3. The Hall–Kier alpha value is -3.09. The number of carbonyl (C=O) groups is 3. The second-order valence-electron chi connectivity index (χ2n) is 6.72. The van der Waals surface area contributed by atoms with Gasteiger partial charge in [-0.1, -0.05) is 6.92 Å². The molecule has 132 valence electrons. The average molecular weight is 350 g/mol. The van der Waals surface area contributed by atoms with Crippen molar-refractivity contribution in [3.63, 3.8) is 0 Å². The third-order valence-corrected chi connectivity index (χ3v) is 4.95. The Morgan fingerprint density at radius 3 is 2.04 bits per heavy atom. The van der Waals surface area contributed by atoms with Gasteiger partial charge in [0.2, 0.25) is 0 Å². The second kappa shape index (κ2) is 6.33. The highest BCUT2D eigenvalue weighted by Crippen LogP contribution is 2.26. The van der Waals surface area contributed by atoms with Crippen LogP contribution in [-0.4, -0.2) is 45.7 Å². The lowest BCUT2D eigenvalue weighted by Gasteiger charge is -2.30. The number of fused-ring (bicyclic) bond motifs is 1. The molecule has 7 heteroatoms. The Balaban J connectivity index is 1.55. The van der Waals surface area contributed by atoms with Gasteiger partial charge in [-0.05, 0) is 43.0 Å². The van der Waals surface area contributed by atoms with E-state index in [-0.39, 0.29) is 17.3 Å². The molecular weight excluding hydrogens is 332 g/mol. The van der Waals surface area contributed by atoms with Gasteiger partial charge >= 0.3 is 0 Å². The summed E-state index contributed by atoms with van der Waals surface area (Å²) in [5.74, 6) is -0.365. The minimum absolute atomic E-state index is 0.0193. The van der Waals surface area contributed by atoms with Gasteiger partial charge in [0, 0.05) is 31.0 Å². The summed E-state index contributed by atoms with van der Waals surface area (Å²) in [7, 11) is 0. The highest BCUT2D eigenvalue weighted by atomic mass is 16.2. The number of carbonyl (C=O) groups excluding carboxylic acids is 3. The zero-order valence-corrected chi connectivity index (χ0v) is 14.4. The molecule has 0 spiro atoms. The van der Waals surface area contributed by atoms with Crippen molar-refractivity contribution in [2.45, 2.75) is 19.8 Å². The molecule has 4 rings (SSSR count). The van der Waals surface area contributed by atoms with Crippen LogP contribution in [0.3, 0.4) is 0 Å². The molecule has 0 bridgehead atoms. The van der Waals surface area contributed by atoms with Crippen molar-refractivity contribution in [1.29, 1.82) is 0 Å². The molecule has 0 N–H and O–H groups in total. The fourth-order valence-corrected chi connectivity index (χ4v) is 3.34. The quantitative estimate of drug-likeness (QED) is 0.775. The van der Waals surface area contributed by atoms with E-state index < -0.39 is 11.8 Å². The van der Waals surface area contributed by atoms with E-state index in [1.807, 2.05) is 4.90 Å². The molecule has 2 aromatic rings. The van der Waals surface area contributed by atoms with E-state index in [1.54, 1.807) is 24.3 Å². The fourth-order valence-electron chi connectivity index (χ4n) is 3.34. The van der Waals surface area contributed by atoms with E-state index in [1.165, 1.54) is 12.4 Å². The molecule has 0 radical (unpaired) electrons. The van der Waals surface area contributed by atoms with Gasteiger partial charge in [0.1, 0.15) is 0 Å². The van der Waals surface area contributed by atoms with Crippen LogP contribution in [0.5, 0.6) is 0 Å². The van der Waals surface area contributed by atoms with E-state index in [4.69, 9.17) is 0 Å². The summed E-state index contributed by atoms with van der Waals surface area (Å²) in [6, 6.07) is 6.53. The van der Waals surface area contributed by atoms with E-state index in [9.17, 15) is 14.4 Å². The number of benzene rings is 1. The van der Waals surface area contributed by atoms with Gasteiger partial charge in [-0.3, -0.25) is 14.4 Å². The molecule has 3 heterocycles. The van der Waals surface area contributed by atoms with Gasteiger partial charge in [-0.25, -0.2) is 14.9 Å². The van der Waals surface area contributed by atoms with Crippen molar-refractivity contribution in [2.24, 2.45) is 5.92 Å². The smallest absolute Gasteiger partial charge is 0.286 e. The first-order valence-corrected chi connectivity index (χ1v) is 8.65. The Morgan fingerprint density at radius 1 is 0.962 bits per heavy atom. The minimum Gasteiger partial charge on any atom is -0.339 e. The maximum absolute atomic E-state index is 12.6. The Bertz CT molecular complexity index is 851. The van der Waals surface area contributed by atoms with E-state index in [2.05, 4.69) is 16.9 Å². The van der Waals surface area contributed by atoms with Crippen molar-refractivity contribution in [1.82, 2.24) is 14.9 Å². The molecule has 0 atom stereocenters. The number of likely N-dealkylation sites (tertiary alicyclic amines) is 1. The number of amides is 3. The topological polar surface area (TPSA) is 83.5 Å². The van der Waals surface area contributed by atoms with Crippen LogP contribution in [0.4, 0.5) is 5.69 Å². The lowest BCUT2D eigenvalue weighted by molar-refractivity contribution is 0.0697. The van der Waals surface area contributed by atoms with E-state index in [0.29, 0.717) is 17.2 Å². The highest BCUT2D eigenvalue weighted by molar-refractivity contribution is 6.33. The Morgan fingerprint density at radius 2 is 1.50 bits per heavy atom. The maximum Gasteiger partial charge on any atom is 0.286 e. The fraction of sp³-hybridized carbons (Fsp3) is 0.316. The first kappa shape index (κ1) is 16.4. The Labute approximate surface area is 150 Å². The average Bonchev–Trinajstić information content (AvgIpc) is 2.93. The zero-order valence-electron chi connectivity index (χ0n) is 14.4. The summed E-state index contributed by atoms with van der Waals surface area (Å²) < 4.78 is 0. The van der Waals surface area contributed by atoms with Gasteiger partial charge in [0.25, 0.3) is 17.7 Å². The lowest BCUT2D eigenvalue weighted by atomic mass is 9.98. The van der Waals surface area contributed by atoms with Crippen LogP contribution < -0.4 is 4.90 Å². The summed E-state index contributed by atoms with van der Waals surface area (Å²) in [6.45, 7) is 3.72. The summed E-state index contributed by atoms with van der Waals surface area (Å²) >= 11 is 0. The number of aromatic nitrogens is 2. The predicted octanol–water partition coefficient (Wildman–Crippen LogP) is 2.15. The summed E-state index contributed by atoms with van der Waals surface area (Å²) in [5, 5.41) is 0. The molecule has 0 aliphatic carbocycles. The van der Waals surface area contributed by atoms with Crippen LogP contribution in [0.15, 0.2) is 36.7 Å². The number of imide groups is 1. The largest absolute Gasteiger partial charge is 0.339 e. The van der Waals surface area contributed by atoms with Gasteiger partial charge in [-0.2, -0.15) is 0 Å². The second-order valence-corrected chi connectivity index (χ2v) is 6.72. The Kier molecular flexibility index (Phi) is 3.99. The van der Waals surface area contributed by atoms with Gasteiger partial charge < -0.3 is 4.90 Å². The number of hydrogen-bond donors (Lipinski definition) is 0. The molecule has 0 unspecified atom stereocenters. The van der Waals surface area contributed by atoms with Crippen LogP contribution >= 0.6 is 0 Å². The molecule has 1 fully saturated rings. The van der Waals surface area contributed by atoms with Gasteiger partial charge in [0.15, 0.2) is 11.4 Å². The number of rotatable bonds is 2. The van der Waals surface area contributed by atoms with Crippen molar-refractivity contribution < 1.29 is 14.4 Å². The normalized spacial score (nSPS) is 17.6. The van der Waals surface area contributed by atoms with E-state index in [0.717, 1.165) is 30.8 Å². The predicted molar refractivity (Wildman–Crippen MR) is 93.9 cm³/mol. The number of anilines is 1. The zero-order chi connectivity index (χ0) is 18.3. The molecule has 3 amide bonds. The maximum atomic E-state index is 12.6. The third-order valence-electron chi connectivity index (χ3n) is 4.95. The first-order chi connectivity index (χ1) is 12.6. The van der Waals surface area contributed by atoms with Crippen molar-refractivity contribution in [2.75, 3.05) is 18.0 Å². The van der Waals surface area contributed by atoms with E-state index >= 15 is 0 Å². The molecule has 1 aromatic carbocycles. The number of hydrogen-bond acceptors (Lipinski definition) is 5. The lowest BCUT2D eigenvalue weighted by Crippen LogP contribution is -2.37. The van der Waals surface area contributed by atoms with Crippen LogP contribution in [0, 0.1) is 5.92 Å². The van der Waals surface area contributed by atoms with Crippen molar-refractivity contribution >= 4 is 23.4 Å². The summed E-state index contributed by atoms with van der Waals surface area (Å²) in [4.78, 5) is 48.3. The minimum atomic E-state index is -0.498. The van der Waals surface area contributed by atoms with Crippen LogP contribution in [0.1, 0.15) is 51.1 Å². The van der Waals surface area contributed by atoms with Crippen LogP contribution in [0.2, 0.25) is 0 Å². The van der Waals surface area contributed by atoms with Crippen LogP contribution in [-0.2, 0) is 0 Å². The number of nitrogens with zero attached hydrogens (tertiary/aromatic N) is 4. The van der Waals surface area contributed by atoms with Gasteiger partial charge in [0.05, 0.1) is 5.69 Å². The van der Waals surface area contributed by atoms with Crippen LogP contribution in [0.25, 0.3) is 0 Å². The molecule has 1 aromatic heterocycles.